The van der Waals surface area contributed by atoms with Gasteiger partial charge >= 0.3 is 143 Å². The molecule has 3 aromatic heterocycles. The van der Waals surface area contributed by atoms with Crippen LogP contribution in [-0.4, -0.2) is 33.6 Å². The van der Waals surface area contributed by atoms with Crippen LogP contribution in [0.25, 0.3) is 20.3 Å². The molecule has 0 fully saturated rings. The summed E-state index contributed by atoms with van der Waals surface area (Å²) in [7, 11) is 0. The van der Waals surface area contributed by atoms with Gasteiger partial charge in [0.15, 0.2) is 0 Å². The third-order valence-electron chi connectivity index (χ3n) is 3.71. The van der Waals surface area contributed by atoms with E-state index in [1.807, 2.05) is 0 Å². The Hall–Kier alpha value is -1.50. The normalized spacial score (nSPS) is 10.9. The summed E-state index contributed by atoms with van der Waals surface area (Å²) in [5.41, 5.74) is 4.12. The summed E-state index contributed by atoms with van der Waals surface area (Å²) in [5, 5.41) is 0. The van der Waals surface area contributed by atoms with Gasteiger partial charge in [-0.05, 0) is 0 Å². The van der Waals surface area contributed by atoms with E-state index in [4.69, 9.17) is 0 Å². The average molecular weight is 415 g/mol. The molecule has 3 heterocycles. The first-order chi connectivity index (χ1) is 10.9. The van der Waals surface area contributed by atoms with E-state index in [0.717, 1.165) is 6.54 Å². The second kappa shape index (κ2) is 6.32. The maximum absolute atomic E-state index is 2.50. The molecule has 3 heteroatoms. The molecule has 0 saturated carbocycles. The summed E-state index contributed by atoms with van der Waals surface area (Å²) in [6.45, 7) is 0.944. The van der Waals surface area contributed by atoms with Gasteiger partial charge in [0.05, 0.1) is 0 Å². The summed E-state index contributed by atoms with van der Waals surface area (Å²) in [4.78, 5) is 4.59. The SMILES string of the molecule is c1ccc(Cn2c(-c3ccc[se]3)ccc2-c2ccc[se]2)cc1. The third-order valence-corrected chi connectivity index (χ3v) is 7.46. The molecule has 0 N–H and O–H groups in total. The van der Waals surface area contributed by atoms with Crippen molar-refractivity contribution in [1.29, 1.82) is 0 Å². The molecule has 1 nitrogen and oxygen atoms in total. The van der Waals surface area contributed by atoms with Crippen LogP contribution in [0, 0.1) is 0 Å². The van der Waals surface area contributed by atoms with Crippen LogP contribution >= 0.6 is 0 Å². The number of hydrogen-bond acceptors (Lipinski definition) is 0. The van der Waals surface area contributed by atoms with Gasteiger partial charge in [-0.15, -0.1) is 0 Å². The van der Waals surface area contributed by atoms with Crippen molar-refractivity contribution in [1.82, 2.24) is 4.57 Å². The first-order valence-electron chi connectivity index (χ1n) is 7.23. The monoisotopic (exact) mass is 417 g/mol. The van der Waals surface area contributed by atoms with Gasteiger partial charge in [-0.3, -0.25) is 0 Å². The quantitative estimate of drug-likeness (QED) is 0.445. The summed E-state index contributed by atoms with van der Waals surface area (Å²) < 4.78 is 5.46. The van der Waals surface area contributed by atoms with Crippen LogP contribution in [0.3, 0.4) is 0 Å². The van der Waals surface area contributed by atoms with Gasteiger partial charge in [-0.25, -0.2) is 0 Å². The molecule has 0 saturated heterocycles. The maximum atomic E-state index is 2.50. The molecule has 1 aromatic carbocycles. The van der Waals surface area contributed by atoms with Crippen molar-refractivity contribution in [2.45, 2.75) is 6.54 Å². The van der Waals surface area contributed by atoms with Crippen LogP contribution in [0.15, 0.2) is 76.6 Å². The molecular formula is C19H15NSe2. The van der Waals surface area contributed by atoms with E-state index in [0.29, 0.717) is 29.0 Å². The Kier molecular flexibility index (Phi) is 4.05. The van der Waals surface area contributed by atoms with Gasteiger partial charge in [-0.2, -0.15) is 0 Å². The molecule has 108 valence electrons. The molecule has 0 amide bonds. The summed E-state index contributed by atoms with van der Waals surface area (Å²) in [6, 6.07) is 24.3. The third kappa shape index (κ3) is 2.74. The number of hydrogen-bond donors (Lipinski definition) is 0. The molecule has 0 unspecified atom stereocenters. The van der Waals surface area contributed by atoms with Crippen LogP contribution in [0.5, 0.6) is 0 Å². The van der Waals surface area contributed by atoms with E-state index in [9.17, 15) is 0 Å². The molecule has 0 bridgehead atoms. The fourth-order valence-electron chi connectivity index (χ4n) is 2.68. The van der Waals surface area contributed by atoms with Crippen molar-refractivity contribution < 1.29 is 0 Å². The molecular weight excluding hydrogens is 400 g/mol. The standard InChI is InChI=1S/C19H15NSe2/c1-2-6-15(7-3-1)14-20-16(18-8-4-12-21-18)10-11-17(20)19-9-5-13-22-19/h1-13H,14H2. The Morgan fingerprint density at radius 1 is 0.636 bits per heavy atom. The first-order valence-corrected chi connectivity index (χ1v) is 10.9. The van der Waals surface area contributed by atoms with Crippen LogP contribution < -0.4 is 0 Å². The van der Waals surface area contributed by atoms with E-state index in [2.05, 4.69) is 81.2 Å². The first kappa shape index (κ1) is 14.1. The topological polar surface area (TPSA) is 4.93 Å². The number of nitrogens with zero attached hydrogens (tertiary/aromatic N) is 1. The molecule has 0 spiro atoms. The van der Waals surface area contributed by atoms with Crippen molar-refractivity contribution in [3.05, 3.63) is 82.2 Å². The molecule has 0 aliphatic carbocycles. The van der Waals surface area contributed by atoms with Gasteiger partial charge in [0.25, 0.3) is 0 Å². The van der Waals surface area contributed by atoms with Crippen LogP contribution in [0.2, 0.25) is 0 Å². The van der Waals surface area contributed by atoms with E-state index in [-0.39, 0.29) is 0 Å². The number of aromatic nitrogens is 1. The minimum absolute atomic E-state index is 0.470. The number of rotatable bonds is 4. The zero-order valence-corrected chi connectivity index (χ0v) is 15.4. The van der Waals surface area contributed by atoms with E-state index in [1.54, 1.807) is 0 Å². The van der Waals surface area contributed by atoms with Crippen LogP contribution in [0.1, 0.15) is 5.56 Å². The predicted octanol–water partition coefficient (Wildman–Crippen LogP) is 3.98. The molecule has 0 atom stereocenters. The number of benzene rings is 1. The van der Waals surface area contributed by atoms with Gasteiger partial charge < -0.3 is 0 Å². The van der Waals surface area contributed by atoms with Crippen molar-refractivity contribution >= 4 is 29.0 Å². The second-order valence-corrected chi connectivity index (χ2v) is 9.11. The fraction of sp³-hybridized carbons (Fsp3) is 0.0526. The van der Waals surface area contributed by atoms with Crippen molar-refractivity contribution in [3.8, 4) is 20.3 Å². The summed E-state index contributed by atoms with van der Waals surface area (Å²) in [5.74, 6) is 0. The van der Waals surface area contributed by atoms with Crippen molar-refractivity contribution in [2.24, 2.45) is 0 Å². The van der Waals surface area contributed by atoms with E-state index >= 15 is 0 Å². The molecule has 4 aromatic rings. The van der Waals surface area contributed by atoms with E-state index < -0.39 is 0 Å². The van der Waals surface area contributed by atoms with Gasteiger partial charge in [0.2, 0.25) is 0 Å². The fourth-order valence-corrected chi connectivity index (χ4v) is 5.87. The Bertz CT molecular complexity index is 789. The molecule has 0 aliphatic heterocycles. The Balaban J connectivity index is 1.83. The average Bonchev–Trinajstić information content (AvgIpc) is 3.29. The summed E-state index contributed by atoms with van der Waals surface area (Å²) in [6.07, 6.45) is 0. The molecule has 4 rings (SSSR count). The Morgan fingerprint density at radius 3 is 1.73 bits per heavy atom. The van der Waals surface area contributed by atoms with Gasteiger partial charge in [-0.1, -0.05) is 0 Å². The summed E-state index contributed by atoms with van der Waals surface area (Å²) >= 11 is 0.940. The van der Waals surface area contributed by atoms with Gasteiger partial charge in [0, 0.05) is 0 Å². The zero-order valence-electron chi connectivity index (χ0n) is 12.0. The van der Waals surface area contributed by atoms with Gasteiger partial charge in [0.1, 0.15) is 0 Å². The van der Waals surface area contributed by atoms with Crippen molar-refractivity contribution in [2.75, 3.05) is 0 Å². The minimum atomic E-state index is 0.470. The van der Waals surface area contributed by atoms with Crippen molar-refractivity contribution in [3.63, 3.8) is 0 Å². The molecule has 0 radical (unpaired) electrons. The Labute approximate surface area is 142 Å². The Morgan fingerprint density at radius 2 is 1.23 bits per heavy atom. The van der Waals surface area contributed by atoms with Crippen LogP contribution in [-0.2, 0) is 6.54 Å². The van der Waals surface area contributed by atoms with E-state index in [1.165, 1.54) is 25.8 Å². The molecule has 0 aliphatic rings. The second-order valence-electron chi connectivity index (χ2n) is 5.13. The predicted molar refractivity (Wildman–Crippen MR) is 94.7 cm³/mol. The molecule has 22 heavy (non-hydrogen) atoms. The van der Waals surface area contributed by atoms with Crippen LogP contribution in [0.4, 0.5) is 0 Å². The zero-order chi connectivity index (χ0) is 14.8.